The second kappa shape index (κ2) is 3.99. The molecule has 1 rings (SSSR count). The van der Waals surface area contributed by atoms with E-state index in [4.69, 9.17) is 0 Å². The van der Waals surface area contributed by atoms with Gasteiger partial charge < -0.3 is 0 Å². The minimum absolute atomic E-state index is 0.0984. The number of hydrogen-bond acceptors (Lipinski definition) is 0. The van der Waals surface area contributed by atoms with E-state index in [9.17, 15) is 26.3 Å². The van der Waals surface area contributed by atoms with Crippen molar-refractivity contribution < 1.29 is 26.3 Å². The van der Waals surface area contributed by atoms with Gasteiger partial charge in [0.2, 0.25) is 0 Å². The van der Waals surface area contributed by atoms with Crippen LogP contribution in [-0.2, 0) is 18.8 Å². The zero-order valence-electron chi connectivity index (χ0n) is 8.21. The summed E-state index contributed by atoms with van der Waals surface area (Å²) in [7, 11) is 0. The number of benzene rings is 1. The molecule has 90 valence electrons. The Bertz CT molecular complexity index is 374. The molecular weight excluding hydrogens is 234 g/mol. The van der Waals surface area contributed by atoms with Crippen molar-refractivity contribution in [2.24, 2.45) is 0 Å². The molecule has 16 heavy (non-hydrogen) atoms. The summed E-state index contributed by atoms with van der Waals surface area (Å²) in [6, 6.07) is 1.46. The molecule has 0 unspecified atom stereocenters. The molecule has 0 saturated heterocycles. The van der Waals surface area contributed by atoms with E-state index in [1.165, 1.54) is 6.92 Å². The fourth-order valence-corrected chi connectivity index (χ4v) is 1.34. The zero-order chi connectivity index (χ0) is 12.6. The second-order valence-corrected chi connectivity index (χ2v) is 3.22. The zero-order valence-corrected chi connectivity index (χ0v) is 8.21. The van der Waals surface area contributed by atoms with Crippen LogP contribution >= 0.6 is 0 Å². The predicted octanol–water partition coefficient (Wildman–Crippen LogP) is 4.29. The highest BCUT2D eigenvalue weighted by molar-refractivity contribution is 5.35. The standard InChI is InChI=1S/C10H8F6/c1-2-6-5-7(9(11,12)13)3-4-8(6)10(14,15)16/h3-5H,2H2,1H3. The number of aryl methyl sites for hydroxylation is 1. The van der Waals surface area contributed by atoms with E-state index in [1.807, 2.05) is 0 Å². The maximum absolute atomic E-state index is 12.4. The lowest BCUT2D eigenvalue weighted by atomic mass is 10.0. The molecule has 0 saturated carbocycles. The Hall–Kier alpha value is -1.20. The van der Waals surface area contributed by atoms with Gasteiger partial charge in [0.1, 0.15) is 0 Å². The number of hydrogen-bond donors (Lipinski definition) is 0. The van der Waals surface area contributed by atoms with E-state index in [0.29, 0.717) is 18.2 Å². The Morgan fingerprint density at radius 3 is 1.88 bits per heavy atom. The summed E-state index contributed by atoms with van der Waals surface area (Å²) < 4.78 is 73.9. The van der Waals surface area contributed by atoms with Gasteiger partial charge in [0, 0.05) is 0 Å². The van der Waals surface area contributed by atoms with Crippen LogP contribution in [-0.4, -0.2) is 0 Å². The topological polar surface area (TPSA) is 0 Å². The average Bonchev–Trinajstić information content (AvgIpc) is 2.14. The van der Waals surface area contributed by atoms with Crippen LogP contribution in [0.3, 0.4) is 0 Å². The normalized spacial score (nSPS) is 12.9. The van der Waals surface area contributed by atoms with Gasteiger partial charge in [0.25, 0.3) is 0 Å². The van der Waals surface area contributed by atoms with Crippen molar-refractivity contribution in [3.63, 3.8) is 0 Å². The smallest absolute Gasteiger partial charge is 0.166 e. The van der Waals surface area contributed by atoms with Crippen molar-refractivity contribution in [1.29, 1.82) is 0 Å². The molecule has 0 aliphatic rings. The summed E-state index contributed by atoms with van der Waals surface area (Å²) in [6.45, 7) is 1.38. The molecule has 0 heterocycles. The number of alkyl halides is 6. The van der Waals surface area contributed by atoms with Gasteiger partial charge in [-0.25, -0.2) is 0 Å². The largest absolute Gasteiger partial charge is 0.416 e. The molecule has 1 aromatic carbocycles. The quantitative estimate of drug-likeness (QED) is 0.644. The lowest BCUT2D eigenvalue weighted by molar-refractivity contribution is -0.141. The molecule has 0 N–H and O–H groups in total. The summed E-state index contributed by atoms with van der Waals surface area (Å²) in [4.78, 5) is 0. The Balaban J connectivity index is 3.28. The molecule has 0 nitrogen and oxygen atoms in total. The van der Waals surface area contributed by atoms with Gasteiger partial charge in [0.05, 0.1) is 11.1 Å². The molecule has 0 atom stereocenters. The van der Waals surface area contributed by atoms with E-state index >= 15 is 0 Å². The Labute approximate surface area is 87.9 Å². The Morgan fingerprint density at radius 2 is 1.50 bits per heavy atom. The van der Waals surface area contributed by atoms with E-state index in [0.717, 1.165) is 0 Å². The lowest BCUT2D eigenvalue weighted by Gasteiger charge is -2.14. The average molecular weight is 242 g/mol. The Morgan fingerprint density at radius 1 is 0.938 bits per heavy atom. The molecular formula is C10H8F6. The van der Waals surface area contributed by atoms with Gasteiger partial charge in [-0.2, -0.15) is 26.3 Å². The first-order valence-electron chi connectivity index (χ1n) is 4.43. The first kappa shape index (κ1) is 12.9. The molecule has 6 heteroatoms. The van der Waals surface area contributed by atoms with Gasteiger partial charge in [-0.3, -0.25) is 0 Å². The molecule has 0 fully saturated rings. The van der Waals surface area contributed by atoms with Gasteiger partial charge in [0.15, 0.2) is 0 Å². The van der Waals surface area contributed by atoms with Crippen LogP contribution < -0.4 is 0 Å². The maximum atomic E-state index is 12.4. The van der Waals surface area contributed by atoms with E-state index in [-0.39, 0.29) is 12.0 Å². The van der Waals surface area contributed by atoms with Gasteiger partial charge in [-0.05, 0) is 30.2 Å². The molecule has 0 aliphatic carbocycles. The van der Waals surface area contributed by atoms with Crippen molar-refractivity contribution >= 4 is 0 Å². The lowest BCUT2D eigenvalue weighted by Crippen LogP contribution is -2.12. The third-order valence-electron chi connectivity index (χ3n) is 2.12. The van der Waals surface area contributed by atoms with Crippen LogP contribution in [0, 0.1) is 0 Å². The SMILES string of the molecule is CCc1cc(C(F)(F)F)ccc1C(F)(F)F. The summed E-state index contributed by atoms with van der Waals surface area (Å²) in [6.07, 6.45) is -9.33. The highest BCUT2D eigenvalue weighted by Gasteiger charge is 2.36. The van der Waals surface area contributed by atoms with Gasteiger partial charge >= 0.3 is 12.4 Å². The number of halogens is 6. The highest BCUT2D eigenvalue weighted by atomic mass is 19.4. The maximum Gasteiger partial charge on any atom is 0.416 e. The summed E-state index contributed by atoms with van der Waals surface area (Å²) in [5.74, 6) is 0. The molecule has 0 aromatic heterocycles. The monoisotopic (exact) mass is 242 g/mol. The predicted molar refractivity (Wildman–Crippen MR) is 45.8 cm³/mol. The van der Waals surface area contributed by atoms with E-state index < -0.39 is 23.5 Å². The Kier molecular flexibility index (Phi) is 3.21. The first-order chi connectivity index (χ1) is 7.16. The second-order valence-electron chi connectivity index (χ2n) is 3.22. The minimum Gasteiger partial charge on any atom is -0.166 e. The summed E-state index contributed by atoms with van der Waals surface area (Å²) in [5, 5.41) is 0. The van der Waals surface area contributed by atoms with Gasteiger partial charge in [-0.1, -0.05) is 6.92 Å². The molecule has 0 bridgehead atoms. The van der Waals surface area contributed by atoms with Crippen molar-refractivity contribution in [1.82, 2.24) is 0 Å². The van der Waals surface area contributed by atoms with Crippen molar-refractivity contribution in [3.05, 3.63) is 34.9 Å². The first-order valence-corrected chi connectivity index (χ1v) is 4.43. The highest BCUT2D eigenvalue weighted by Crippen LogP contribution is 2.36. The minimum atomic E-state index is -4.62. The van der Waals surface area contributed by atoms with E-state index in [1.54, 1.807) is 0 Å². The van der Waals surface area contributed by atoms with Crippen LogP contribution in [0.15, 0.2) is 18.2 Å². The molecule has 0 amide bonds. The number of rotatable bonds is 1. The molecule has 0 radical (unpaired) electrons. The molecule has 0 aliphatic heterocycles. The summed E-state index contributed by atoms with van der Waals surface area (Å²) in [5.41, 5.74) is -2.41. The van der Waals surface area contributed by atoms with E-state index in [2.05, 4.69) is 0 Å². The molecule has 0 spiro atoms. The fourth-order valence-electron chi connectivity index (χ4n) is 1.34. The fraction of sp³-hybridized carbons (Fsp3) is 0.400. The third kappa shape index (κ3) is 2.68. The van der Waals surface area contributed by atoms with Crippen LogP contribution in [0.4, 0.5) is 26.3 Å². The van der Waals surface area contributed by atoms with Crippen molar-refractivity contribution in [2.45, 2.75) is 25.7 Å². The van der Waals surface area contributed by atoms with Crippen LogP contribution in [0.5, 0.6) is 0 Å². The van der Waals surface area contributed by atoms with Crippen molar-refractivity contribution in [2.75, 3.05) is 0 Å². The van der Waals surface area contributed by atoms with Crippen LogP contribution in [0.25, 0.3) is 0 Å². The molecule has 1 aromatic rings. The van der Waals surface area contributed by atoms with Crippen LogP contribution in [0.2, 0.25) is 0 Å². The van der Waals surface area contributed by atoms with Gasteiger partial charge in [-0.15, -0.1) is 0 Å². The van der Waals surface area contributed by atoms with Crippen LogP contribution in [0.1, 0.15) is 23.6 Å². The van der Waals surface area contributed by atoms with Crippen molar-refractivity contribution in [3.8, 4) is 0 Å². The summed E-state index contributed by atoms with van der Waals surface area (Å²) >= 11 is 0. The third-order valence-corrected chi connectivity index (χ3v) is 2.12.